The van der Waals surface area contributed by atoms with Gasteiger partial charge in [-0.3, -0.25) is 4.79 Å². The normalized spacial score (nSPS) is 12.0. The number of amides is 1. The maximum Gasteiger partial charge on any atom is 0.224 e. The molecule has 0 bridgehead atoms. The minimum Gasteiger partial charge on any atom is -0.493 e. The number of aliphatic hydroxyl groups excluding tert-OH is 1. The second kappa shape index (κ2) is 7.66. The highest BCUT2D eigenvalue weighted by Gasteiger charge is 2.16. The summed E-state index contributed by atoms with van der Waals surface area (Å²) in [6.07, 6.45) is 1.72. The lowest BCUT2D eigenvalue weighted by Gasteiger charge is -2.14. The SMILES string of the molecule is Cc1ccc(C)c(OCCC(=O)NC(CO)c2ccco2)c1. The molecule has 1 atom stereocenters. The van der Waals surface area contributed by atoms with E-state index in [1.807, 2.05) is 32.0 Å². The van der Waals surface area contributed by atoms with Crippen LogP contribution in [0.15, 0.2) is 41.0 Å². The van der Waals surface area contributed by atoms with Crippen molar-refractivity contribution in [1.29, 1.82) is 0 Å². The van der Waals surface area contributed by atoms with Gasteiger partial charge in [-0.25, -0.2) is 0 Å². The molecular formula is C17H21NO4. The monoisotopic (exact) mass is 303 g/mol. The minimum absolute atomic E-state index is 0.194. The summed E-state index contributed by atoms with van der Waals surface area (Å²) in [4.78, 5) is 11.9. The molecule has 2 rings (SSSR count). The maximum absolute atomic E-state index is 11.9. The highest BCUT2D eigenvalue weighted by molar-refractivity contribution is 5.76. The first-order valence-corrected chi connectivity index (χ1v) is 7.24. The lowest BCUT2D eigenvalue weighted by molar-refractivity contribution is -0.122. The first-order valence-electron chi connectivity index (χ1n) is 7.24. The van der Waals surface area contributed by atoms with Gasteiger partial charge in [-0.05, 0) is 43.2 Å². The van der Waals surface area contributed by atoms with Crippen molar-refractivity contribution in [2.75, 3.05) is 13.2 Å². The molecule has 1 aromatic heterocycles. The van der Waals surface area contributed by atoms with Gasteiger partial charge in [-0.2, -0.15) is 0 Å². The summed E-state index contributed by atoms with van der Waals surface area (Å²) in [6.45, 7) is 4.03. The molecule has 2 N–H and O–H groups in total. The van der Waals surface area contributed by atoms with Crippen molar-refractivity contribution in [1.82, 2.24) is 5.32 Å². The van der Waals surface area contributed by atoms with Crippen LogP contribution in [0.4, 0.5) is 0 Å². The number of rotatable bonds is 7. The lowest BCUT2D eigenvalue weighted by Crippen LogP contribution is -2.31. The number of nitrogens with one attached hydrogen (secondary N) is 1. The minimum atomic E-state index is -0.525. The van der Waals surface area contributed by atoms with E-state index >= 15 is 0 Å². The van der Waals surface area contributed by atoms with E-state index in [1.54, 1.807) is 12.1 Å². The Morgan fingerprint density at radius 1 is 1.36 bits per heavy atom. The summed E-state index contributed by atoms with van der Waals surface area (Å²) in [6, 6.07) is 8.87. The van der Waals surface area contributed by atoms with Crippen LogP contribution in [0.25, 0.3) is 0 Å². The quantitative estimate of drug-likeness (QED) is 0.824. The zero-order valence-corrected chi connectivity index (χ0v) is 12.8. The molecule has 0 aliphatic rings. The number of ether oxygens (including phenoxy) is 1. The lowest BCUT2D eigenvalue weighted by atomic mass is 10.1. The van der Waals surface area contributed by atoms with Crippen molar-refractivity contribution >= 4 is 5.91 Å². The second-order valence-corrected chi connectivity index (χ2v) is 5.19. The highest BCUT2D eigenvalue weighted by atomic mass is 16.5. The van der Waals surface area contributed by atoms with Crippen LogP contribution in [-0.4, -0.2) is 24.2 Å². The molecule has 1 amide bonds. The van der Waals surface area contributed by atoms with Crippen molar-refractivity contribution in [3.63, 3.8) is 0 Å². The summed E-state index contributed by atoms with van der Waals surface area (Å²) in [5.41, 5.74) is 2.15. The Morgan fingerprint density at radius 2 is 2.18 bits per heavy atom. The van der Waals surface area contributed by atoms with Gasteiger partial charge in [0.15, 0.2) is 0 Å². The average molecular weight is 303 g/mol. The number of furan rings is 1. The number of carbonyl (C=O) groups excluding carboxylic acids is 1. The molecule has 5 nitrogen and oxygen atoms in total. The molecule has 0 saturated carbocycles. The van der Waals surface area contributed by atoms with Crippen LogP contribution in [0, 0.1) is 13.8 Å². The number of carbonyl (C=O) groups is 1. The highest BCUT2D eigenvalue weighted by Crippen LogP contribution is 2.19. The van der Waals surface area contributed by atoms with Gasteiger partial charge in [0.2, 0.25) is 5.91 Å². The molecule has 5 heteroatoms. The fourth-order valence-corrected chi connectivity index (χ4v) is 2.08. The third kappa shape index (κ3) is 4.36. The van der Waals surface area contributed by atoms with Gasteiger partial charge in [0.25, 0.3) is 0 Å². The van der Waals surface area contributed by atoms with Crippen LogP contribution in [0.3, 0.4) is 0 Å². The van der Waals surface area contributed by atoms with Crippen LogP contribution in [-0.2, 0) is 4.79 Å². The predicted octanol–water partition coefficient (Wildman–Crippen LogP) is 2.52. The van der Waals surface area contributed by atoms with Crippen LogP contribution in [0.1, 0.15) is 29.3 Å². The Morgan fingerprint density at radius 3 is 2.86 bits per heavy atom. The van der Waals surface area contributed by atoms with Gasteiger partial charge in [0, 0.05) is 0 Å². The van der Waals surface area contributed by atoms with Gasteiger partial charge < -0.3 is 19.6 Å². The second-order valence-electron chi connectivity index (χ2n) is 5.19. The van der Waals surface area contributed by atoms with Gasteiger partial charge in [-0.15, -0.1) is 0 Å². The smallest absolute Gasteiger partial charge is 0.224 e. The fourth-order valence-electron chi connectivity index (χ4n) is 2.08. The molecule has 118 valence electrons. The van der Waals surface area contributed by atoms with E-state index in [4.69, 9.17) is 9.15 Å². The molecule has 2 aromatic rings. The van der Waals surface area contributed by atoms with Crippen molar-refractivity contribution in [3.05, 3.63) is 53.5 Å². The Bertz CT molecular complexity index is 607. The van der Waals surface area contributed by atoms with Gasteiger partial charge in [0.1, 0.15) is 17.6 Å². The number of aryl methyl sites for hydroxylation is 2. The summed E-state index contributed by atoms with van der Waals surface area (Å²) in [5.74, 6) is 1.13. The van der Waals surface area contributed by atoms with Crippen molar-refractivity contribution < 1.29 is 19.1 Å². The molecule has 1 heterocycles. The van der Waals surface area contributed by atoms with E-state index in [0.29, 0.717) is 5.76 Å². The van der Waals surface area contributed by atoms with Gasteiger partial charge in [-0.1, -0.05) is 12.1 Å². The first-order chi connectivity index (χ1) is 10.6. The van der Waals surface area contributed by atoms with E-state index in [9.17, 15) is 9.90 Å². The van der Waals surface area contributed by atoms with E-state index < -0.39 is 6.04 Å². The van der Waals surface area contributed by atoms with E-state index in [-0.39, 0.29) is 25.5 Å². The van der Waals surface area contributed by atoms with Gasteiger partial charge in [0.05, 0.1) is 25.9 Å². The Hall–Kier alpha value is -2.27. The number of hydrogen-bond donors (Lipinski definition) is 2. The number of aliphatic hydroxyl groups is 1. The maximum atomic E-state index is 11.9. The number of benzene rings is 1. The molecular weight excluding hydrogens is 282 g/mol. The summed E-state index contributed by atoms with van der Waals surface area (Å²) >= 11 is 0. The molecule has 22 heavy (non-hydrogen) atoms. The summed E-state index contributed by atoms with van der Waals surface area (Å²) < 4.78 is 10.8. The van der Waals surface area contributed by atoms with Crippen molar-refractivity contribution in [2.45, 2.75) is 26.3 Å². The molecule has 1 aromatic carbocycles. The molecule has 0 spiro atoms. The standard InChI is InChI=1S/C17H21NO4/c1-12-5-6-13(2)16(10-12)22-9-7-17(20)18-14(11-19)15-4-3-8-21-15/h3-6,8,10,14,19H,7,9,11H2,1-2H3,(H,18,20). The van der Waals surface area contributed by atoms with Crippen LogP contribution >= 0.6 is 0 Å². The van der Waals surface area contributed by atoms with Crippen LogP contribution < -0.4 is 10.1 Å². The Labute approximate surface area is 129 Å². The average Bonchev–Trinajstić information content (AvgIpc) is 3.02. The van der Waals surface area contributed by atoms with Crippen LogP contribution in [0.2, 0.25) is 0 Å². The number of hydrogen-bond acceptors (Lipinski definition) is 4. The summed E-state index contributed by atoms with van der Waals surface area (Å²) in [5, 5.41) is 12.0. The predicted molar refractivity (Wildman–Crippen MR) is 82.7 cm³/mol. The third-order valence-corrected chi connectivity index (χ3v) is 3.33. The first kappa shape index (κ1) is 16.1. The van der Waals surface area contributed by atoms with E-state index in [2.05, 4.69) is 5.32 Å². The molecule has 0 fully saturated rings. The zero-order valence-electron chi connectivity index (χ0n) is 12.8. The van der Waals surface area contributed by atoms with Crippen LogP contribution in [0.5, 0.6) is 5.75 Å². The van der Waals surface area contributed by atoms with Crippen molar-refractivity contribution in [2.24, 2.45) is 0 Å². The fraction of sp³-hybridized carbons (Fsp3) is 0.353. The van der Waals surface area contributed by atoms with E-state index in [1.165, 1.54) is 6.26 Å². The van der Waals surface area contributed by atoms with Gasteiger partial charge >= 0.3 is 0 Å². The molecule has 1 unspecified atom stereocenters. The Kier molecular flexibility index (Phi) is 5.61. The largest absolute Gasteiger partial charge is 0.493 e. The molecule has 0 aliphatic carbocycles. The molecule has 0 radical (unpaired) electrons. The zero-order chi connectivity index (χ0) is 15.9. The Balaban J connectivity index is 1.81. The molecule has 0 saturated heterocycles. The summed E-state index contributed by atoms with van der Waals surface area (Å²) in [7, 11) is 0. The van der Waals surface area contributed by atoms with E-state index in [0.717, 1.165) is 16.9 Å². The molecule has 0 aliphatic heterocycles. The van der Waals surface area contributed by atoms with Crippen molar-refractivity contribution in [3.8, 4) is 5.75 Å². The third-order valence-electron chi connectivity index (χ3n) is 3.33. The topological polar surface area (TPSA) is 71.7 Å².